The number of diazo groups is 1. The minimum atomic E-state index is -4.69. The summed E-state index contributed by atoms with van der Waals surface area (Å²) in [5.41, 5.74) is -0.647. The second-order valence-electron chi connectivity index (χ2n) is 3.83. The van der Waals surface area contributed by atoms with Crippen LogP contribution in [0.5, 0.6) is 5.75 Å². The SMILES string of the molecule is N#[N+]c1c([OH2+])cc(S(=O)(=O)O)c2cc([N+](=O)[O-])ccc12. The largest absolute Gasteiger partial charge is 0.588 e. The number of nitro groups is 1. The first-order valence-electron chi connectivity index (χ1n) is 5.05. The molecule has 2 aromatic carbocycles. The van der Waals surface area contributed by atoms with Crippen molar-refractivity contribution in [3.05, 3.63) is 39.4 Å². The van der Waals surface area contributed by atoms with Crippen LogP contribution in [0.4, 0.5) is 11.4 Å². The molecule has 9 nitrogen and oxygen atoms in total. The summed E-state index contributed by atoms with van der Waals surface area (Å²) < 4.78 is 31.7. The summed E-state index contributed by atoms with van der Waals surface area (Å²) in [6, 6.07) is 3.91. The van der Waals surface area contributed by atoms with Crippen LogP contribution in [0.25, 0.3) is 15.7 Å². The molecule has 0 aliphatic heterocycles. The average Bonchev–Trinajstić information content (AvgIpc) is 2.36. The molecule has 0 heterocycles. The smallest absolute Gasteiger partial charge is 0.485 e. The van der Waals surface area contributed by atoms with Crippen LogP contribution in [0.2, 0.25) is 0 Å². The van der Waals surface area contributed by atoms with Crippen LogP contribution in [-0.2, 0) is 10.1 Å². The lowest BCUT2D eigenvalue weighted by Gasteiger charge is -2.02. The third kappa shape index (κ3) is 2.11. The van der Waals surface area contributed by atoms with Gasteiger partial charge in [0, 0.05) is 17.5 Å². The summed E-state index contributed by atoms with van der Waals surface area (Å²) in [5, 5.41) is 26.9. The summed E-state index contributed by atoms with van der Waals surface area (Å²) in [6.45, 7) is 0. The molecule has 3 N–H and O–H groups in total. The van der Waals surface area contributed by atoms with Crippen LogP contribution in [0.3, 0.4) is 0 Å². The minimum Gasteiger partial charge on any atom is -0.588 e. The van der Waals surface area contributed by atoms with Gasteiger partial charge in [-0.3, -0.25) is 14.7 Å². The van der Waals surface area contributed by atoms with Gasteiger partial charge in [0.25, 0.3) is 15.8 Å². The highest BCUT2D eigenvalue weighted by atomic mass is 32.2. The molecule has 0 aromatic heterocycles. The number of hydrogen-bond donors (Lipinski definition) is 1. The van der Waals surface area contributed by atoms with Crippen molar-refractivity contribution < 1.29 is 23.0 Å². The zero-order chi connectivity index (χ0) is 15.1. The van der Waals surface area contributed by atoms with Gasteiger partial charge in [0.15, 0.2) is 4.98 Å². The molecule has 0 radical (unpaired) electrons. The molecule has 2 aromatic rings. The van der Waals surface area contributed by atoms with Crippen molar-refractivity contribution in [2.75, 3.05) is 0 Å². The molecule has 0 atom stereocenters. The predicted molar refractivity (Wildman–Crippen MR) is 68.2 cm³/mol. The monoisotopic (exact) mass is 297 g/mol. The molecular weight excluding hydrogens is 290 g/mol. The molecule has 0 bridgehead atoms. The fourth-order valence-corrected chi connectivity index (χ4v) is 2.51. The first kappa shape index (κ1) is 13.7. The Morgan fingerprint density at radius 1 is 1.30 bits per heavy atom. The second-order valence-corrected chi connectivity index (χ2v) is 5.22. The van der Waals surface area contributed by atoms with Crippen molar-refractivity contribution in [1.29, 1.82) is 5.39 Å². The second kappa shape index (κ2) is 4.41. The molecule has 0 saturated carbocycles. The van der Waals surface area contributed by atoms with Crippen molar-refractivity contribution in [2.45, 2.75) is 4.90 Å². The van der Waals surface area contributed by atoms with E-state index in [0.717, 1.165) is 24.3 Å². The lowest BCUT2D eigenvalue weighted by Crippen LogP contribution is -2.00. The van der Waals surface area contributed by atoms with Crippen molar-refractivity contribution in [3.63, 3.8) is 0 Å². The highest BCUT2D eigenvalue weighted by Gasteiger charge is 2.30. The summed E-state index contributed by atoms with van der Waals surface area (Å²) >= 11 is 0. The summed E-state index contributed by atoms with van der Waals surface area (Å²) in [5.74, 6) is -0.443. The van der Waals surface area contributed by atoms with Gasteiger partial charge in [-0.25, -0.2) is 0 Å². The van der Waals surface area contributed by atoms with E-state index >= 15 is 0 Å². The summed E-state index contributed by atoms with van der Waals surface area (Å²) in [7, 11) is -4.69. The fourth-order valence-electron chi connectivity index (χ4n) is 1.80. The Labute approximate surface area is 111 Å². The Morgan fingerprint density at radius 3 is 2.45 bits per heavy atom. The third-order valence-corrected chi connectivity index (χ3v) is 3.54. The average molecular weight is 297 g/mol. The number of rotatable bonds is 2. The maximum absolute atomic E-state index is 11.3. The Morgan fingerprint density at radius 2 is 1.95 bits per heavy atom. The van der Waals surface area contributed by atoms with Crippen molar-refractivity contribution in [3.8, 4) is 5.75 Å². The number of benzene rings is 2. The van der Waals surface area contributed by atoms with E-state index in [4.69, 9.17) is 15.1 Å². The lowest BCUT2D eigenvalue weighted by atomic mass is 10.1. The van der Waals surface area contributed by atoms with Gasteiger partial charge >= 0.3 is 11.4 Å². The first-order valence-corrected chi connectivity index (χ1v) is 6.49. The molecule has 0 fully saturated rings. The van der Waals surface area contributed by atoms with Crippen LogP contribution < -0.4 is 0 Å². The van der Waals surface area contributed by atoms with Gasteiger partial charge in [-0.2, -0.15) is 8.42 Å². The zero-order valence-electron chi connectivity index (χ0n) is 9.64. The summed E-state index contributed by atoms with van der Waals surface area (Å²) in [6.07, 6.45) is 0. The van der Waals surface area contributed by atoms with Crippen molar-refractivity contribution in [2.24, 2.45) is 0 Å². The van der Waals surface area contributed by atoms with Gasteiger partial charge < -0.3 is 5.11 Å². The molecule has 0 aliphatic carbocycles. The van der Waals surface area contributed by atoms with E-state index < -0.39 is 31.4 Å². The maximum Gasteiger partial charge on any atom is 0.485 e. The third-order valence-electron chi connectivity index (χ3n) is 2.64. The number of hydrogen-bond acceptors (Lipinski definition) is 5. The molecular formula is C10H7N3O6S+2. The highest BCUT2D eigenvalue weighted by molar-refractivity contribution is 7.86. The van der Waals surface area contributed by atoms with E-state index in [0.29, 0.717) is 0 Å². The Bertz CT molecular complexity index is 884. The number of nitro benzene ring substituents is 1. The van der Waals surface area contributed by atoms with Crippen molar-refractivity contribution >= 4 is 32.3 Å². The number of nitrogens with zero attached hydrogens (tertiary/aromatic N) is 3. The Hall–Kier alpha value is -2.77. The van der Waals surface area contributed by atoms with Crippen molar-refractivity contribution in [1.82, 2.24) is 0 Å². The van der Waals surface area contributed by atoms with Gasteiger partial charge in [-0.1, -0.05) is 0 Å². The Balaban J connectivity index is 3.04. The van der Waals surface area contributed by atoms with Gasteiger partial charge in [-0.15, -0.1) is 0 Å². The van der Waals surface area contributed by atoms with Crippen LogP contribution in [0.1, 0.15) is 0 Å². The quantitative estimate of drug-likeness (QED) is 0.294. The summed E-state index contributed by atoms with van der Waals surface area (Å²) in [4.78, 5) is 12.2. The molecule has 0 spiro atoms. The molecule has 2 rings (SSSR count). The molecule has 10 heteroatoms. The molecule has 0 unspecified atom stereocenters. The van der Waals surface area contributed by atoms with E-state index in [1.54, 1.807) is 0 Å². The van der Waals surface area contributed by atoms with E-state index in [9.17, 15) is 18.5 Å². The highest BCUT2D eigenvalue weighted by Crippen LogP contribution is 2.40. The van der Waals surface area contributed by atoms with Gasteiger partial charge in [0.2, 0.25) is 5.39 Å². The van der Waals surface area contributed by atoms with Crippen LogP contribution in [-0.4, -0.2) is 23.0 Å². The van der Waals surface area contributed by atoms with Crippen LogP contribution in [0.15, 0.2) is 29.2 Å². The topological polar surface area (TPSA) is 149 Å². The standard InChI is InChI=1S/C10H5N3O6S/c11-12-10-6-2-1-5(13(15)16)3-7(6)9(4-8(10)14)20(17,18)19/h1-4H,(H-,14,17,18,19)/p+2. The molecule has 0 amide bonds. The van der Waals surface area contributed by atoms with Gasteiger partial charge in [-0.05, 0) is 6.07 Å². The zero-order valence-corrected chi connectivity index (χ0v) is 10.5. The van der Waals surface area contributed by atoms with Gasteiger partial charge in [0.1, 0.15) is 4.90 Å². The normalized spacial score (nSPS) is 11.2. The minimum absolute atomic E-state index is 0.00164. The van der Waals surface area contributed by atoms with E-state index in [2.05, 4.69) is 4.98 Å². The number of fused-ring (bicyclic) bond motifs is 1. The first-order chi connectivity index (χ1) is 9.25. The predicted octanol–water partition coefficient (Wildman–Crippen LogP) is 1.92. The van der Waals surface area contributed by atoms with E-state index in [1.807, 2.05) is 0 Å². The van der Waals surface area contributed by atoms with Crippen LogP contribution >= 0.6 is 0 Å². The number of non-ortho nitro benzene ring substituents is 1. The van der Waals surface area contributed by atoms with E-state index in [-0.39, 0.29) is 16.5 Å². The van der Waals surface area contributed by atoms with E-state index in [1.165, 1.54) is 0 Å². The maximum atomic E-state index is 11.3. The molecule has 102 valence electrons. The molecule has 0 aliphatic rings. The Kier molecular flexibility index (Phi) is 3.01. The lowest BCUT2D eigenvalue weighted by molar-refractivity contribution is -0.384. The van der Waals surface area contributed by atoms with Gasteiger partial charge in [0.05, 0.1) is 16.4 Å². The molecule has 20 heavy (non-hydrogen) atoms. The molecule has 0 saturated heterocycles. The van der Waals surface area contributed by atoms with Crippen LogP contribution in [0, 0.1) is 15.5 Å². The fraction of sp³-hybridized carbons (Fsp3) is 0.